The molecule has 0 unspecified atom stereocenters. The molecule has 1 fully saturated rings. The van der Waals surface area contributed by atoms with Crippen molar-refractivity contribution in [1.82, 2.24) is 14.5 Å². The molecule has 26 heavy (non-hydrogen) atoms. The number of carbonyl (C=O) groups is 2. The van der Waals surface area contributed by atoms with E-state index in [0.29, 0.717) is 25.9 Å². The highest BCUT2D eigenvalue weighted by atomic mass is 16.2. The van der Waals surface area contributed by atoms with Gasteiger partial charge in [-0.25, -0.2) is 4.98 Å². The molecule has 1 saturated heterocycles. The van der Waals surface area contributed by atoms with E-state index in [1.54, 1.807) is 6.20 Å². The van der Waals surface area contributed by atoms with Gasteiger partial charge < -0.3 is 9.47 Å². The number of likely N-dealkylation sites (tertiary alicyclic amines) is 1. The summed E-state index contributed by atoms with van der Waals surface area (Å²) < 4.78 is 1.99. The van der Waals surface area contributed by atoms with Crippen molar-refractivity contribution in [3.05, 3.63) is 54.1 Å². The minimum atomic E-state index is -0.00797. The molecule has 1 aromatic carbocycles. The fourth-order valence-electron chi connectivity index (χ4n) is 3.60. The van der Waals surface area contributed by atoms with E-state index >= 15 is 0 Å². The maximum atomic E-state index is 12.6. The first-order chi connectivity index (χ1) is 12.6. The van der Waals surface area contributed by atoms with Crippen LogP contribution in [-0.4, -0.2) is 39.2 Å². The lowest BCUT2D eigenvalue weighted by molar-refractivity contribution is -0.135. The van der Waals surface area contributed by atoms with Gasteiger partial charge in [-0.15, -0.1) is 0 Å². The van der Waals surface area contributed by atoms with E-state index < -0.39 is 0 Å². The van der Waals surface area contributed by atoms with E-state index in [-0.39, 0.29) is 17.6 Å². The molecule has 1 atom stereocenters. The van der Waals surface area contributed by atoms with Crippen molar-refractivity contribution in [3.63, 3.8) is 0 Å². The zero-order chi connectivity index (χ0) is 18.4. The fraction of sp³-hybridized carbons (Fsp3) is 0.476. The molecule has 1 aromatic heterocycles. The Morgan fingerprint density at radius 3 is 2.73 bits per heavy atom. The van der Waals surface area contributed by atoms with Crippen LogP contribution >= 0.6 is 0 Å². The topological polar surface area (TPSA) is 55.2 Å². The first-order valence-electron chi connectivity index (χ1n) is 9.45. The van der Waals surface area contributed by atoms with Crippen LogP contribution in [0.4, 0.5) is 0 Å². The van der Waals surface area contributed by atoms with Gasteiger partial charge in [-0.1, -0.05) is 30.3 Å². The highest BCUT2D eigenvalue weighted by Crippen LogP contribution is 2.20. The number of benzene rings is 1. The minimum Gasteiger partial charge on any atom is -0.342 e. The predicted octanol–water partition coefficient (Wildman–Crippen LogP) is 3.02. The molecule has 0 radical (unpaired) electrons. The predicted molar refractivity (Wildman–Crippen MR) is 101 cm³/mol. The van der Waals surface area contributed by atoms with Gasteiger partial charge in [-0.05, 0) is 31.7 Å². The van der Waals surface area contributed by atoms with Crippen LogP contribution < -0.4 is 0 Å². The zero-order valence-corrected chi connectivity index (χ0v) is 15.4. The third-order valence-electron chi connectivity index (χ3n) is 5.22. The number of amides is 1. The van der Waals surface area contributed by atoms with Crippen molar-refractivity contribution in [2.75, 3.05) is 13.1 Å². The summed E-state index contributed by atoms with van der Waals surface area (Å²) in [6, 6.07) is 10.1. The van der Waals surface area contributed by atoms with Gasteiger partial charge in [0, 0.05) is 50.8 Å². The maximum Gasteiger partial charge on any atom is 0.224 e. The van der Waals surface area contributed by atoms with Gasteiger partial charge in [-0.3, -0.25) is 9.59 Å². The Bertz CT molecular complexity index is 739. The SMILES string of the molecule is Cc1nccn1CCC(=O)N1CCC[C@@H](C(=O)CCc2ccccc2)C1. The monoisotopic (exact) mass is 353 g/mol. The molecule has 138 valence electrons. The van der Waals surface area contributed by atoms with Crippen LogP contribution in [0.3, 0.4) is 0 Å². The number of hydrogen-bond acceptors (Lipinski definition) is 3. The third-order valence-corrected chi connectivity index (χ3v) is 5.22. The number of Topliss-reactive ketones (excluding diaryl/α,β-unsaturated/α-hetero) is 1. The van der Waals surface area contributed by atoms with Crippen molar-refractivity contribution in [2.45, 2.75) is 45.6 Å². The highest BCUT2D eigenvalue weighted by Gasteiger charge is 2.27. The largest absolute Gasteiger partial charge is 0.342 e. The normalized spacial score (nSPS) is 17.3. The van der Waals surface area contributed by atoms with Crippen molar-refractivity contribution in [3.8, 4) is 0 Å². The van der Waals surface area contributed by atoms with Crippen LogP contribution in [0.5, 0.6) is 0 Å². The lowest BCUT2D eigenvalue weighted by Gasteiger charge is -2.32. The van der Waals surface area contributed by atoms with E-state index in [0.717, 1.165) is 31.6 Å². The molecule has 5 heteroatoms. The summed E-state index contributed by atoms with van der Waals surface area (Å²) in [5.41, 5.74) is 1.19. The number of ketones is 1. The summed E-state index contributed by atoms with van der Waals surface area (Å²) in [5.74, 6) is 1.34. The van der Waals surface area contributed by atoms with Gasteiger partial charge >= 0.3 is 0 Å². The number of piperidine rings is 1. The quantitative estimate of drug-likeness (QED) is 0.769. The molecule has 2 aromatic rings. The first kappa shape index (κ1) is 18.4. The second kappa shape index (κ2) is 8.79. The molecule has 5 nitrogen and oxygen atoms in total. The van der Waals surface area contributed by atoms with Gasteiger partial charge in [0.1, 0.15) is 11.6 Å². The van der Waals surface area contributed by atoms with Gasteiger partial charge in [0.15, 0.2) is 0 Å². The molecule has 1 aliphatic heterocycles. The Morgan fingerprint density at radius 1 is 1.19 bits per heavy atom. The van der Waals surface area contributed by atoms with Crippen LogP contribution in [0.25, 0.3) is 0 Å². The number of imidazole rings is 1. The fourth-order valence-corrected chi connectivity index (χ4v) is 3.60. The van der Waals surface area contributed by atoms with Crippen molar-refractivity contribution in [2.24, 2.45) is 5.92 Å². The maximum absolute atomic E-state index is 12.6. The van der Waals surface area contributed by atoms with Crippen LogP contribution in [-0.2, 0) is 22.6 Å². The van der Waals surface area contributed by atoms with Gasteiger partial charge in [0.2, 0.25) is 5.91 Å². The Hall–Kier alpha value is -2.43. The Kier molecular flexibility index (Phi) is 6.21. The molecule has 0 aliphatic carbocycles. The zero-order valence-electron chi connectivity index (χ0n) is 15.4. The summed E-state index contributed by atoms with van der Waals surface area (Å²) in [6.07, 6.45) is 7.27. The molecule has 0 spiro atoms. The van der Waals surface area contributed by atoms with E-state index in [1.165, 1.54) is 5.56 Å². The average Bonchev–Trinajstić information content (AvgIpc) is 3.10. The van der Waals surface area contributed by atoms with E-state index in [4.69, 9.17) is 0 Å². The van der Waals surface area contributed by atoms with Crippen LogP contribution in [0, 0.1) is 12.8 Å². The van der Waals surface area contributed by atoms with E-state index in [2.05, 4.69) is 17.1 Å². The molecule has 2 heterocycles. The van der Waals surface area contributed by atoms with Gasteiger partial charge in [0.05, 0.1) is 0 Å². The Labute approximate surface area is 155 Å². The average molecular weight is 353 g/mol. The molecular formula is C21H27N3O2. The summed E-state index contributed by atoms with van der Waals surface area (Å²) in [4.78, 5) is 31.2. The molecule has 0 saturated carbocycles. The molecule has 0 bridgehead atoms. The number of aromatic nitrogens is 2. The third kappa shape index (κ3) is 4.81. The molecule has 1 aliphatic rings. The Balaban J connectivity index is 1.47. The van der Waals surface area contributed by atoms with E-state index in [9.17, 15) is 9.59 Å². The number of hydrogen-bond donors (Lipinski definition) is 0. The molecule has 3 rings (SSSR count). The number of carbonyl (C=O) groups excluding carboxylic acids is 2. The minimum absolute atomic E-state index is 0.00797. The van der Waals surface area contributed by atoms with Crippen molar-refractivity contribution >= 4 is 11.7 Å². The molecule has 1 amide bonds. The lowest BCUT2D eigenvalue weighted by Crippen LogP contribution is -2.42. The summed E-state index contributed by atoms with van der Waals surface area (Å²) in [5, 5.41) is 0. The summed E-state index contributed by atoms with van der Waals surface area (Å²) >= 11 is 0. The van der Waals surface area contributed by atoms with Crippen LogP contribution in [0.1, 0.15) is 37.1 Å². The van der Waals surface area contributed by atoms with Crippen LogP contribution in [0.2, 0.25) is 0 Å². The van der Waals surface area contributed by atoms with Crippen molar-refractivity contribution < 1.29 is 9.59 Å². The first-order valence-corrected chi connectivity index (χ1v) is 9.45. The number of nitrogens with zero attached hydrogens (tertiary/aromatic N) is 3. The van der Waals surface area contributed by atoms with Gasteiger partial charge in [0.25, 0.3) is 0 Å². The number of rotatable bonds is 7. The van der Waals surface area contributed by atoms with Crippen LogP contribution in [0.15, 0.2) is 42.7 Å². The molecule has 0 N–H and O–H groups in total. The molecular weight excluding hydrogens is 326 g/mol. The van der Waals surface area contributed by atoms with E-state index in [1.807, 2.05) is 40.8 Å². The lowest BCUT2D eigenvalue weighted by atomic mass is 9.90. The summed E-state index contributed by atoms with van der Waals surface area (Å²) in [7, 11) is 0. The standard InChI is InChI=1S/C21H27N3O2/c1-17-22-12-15-23(17)14-11-21(26)24-13-5-8-19(16-24)20(25)10-9-18-6-3-2-4-7-18/h2-4,6-7,12,15,19H,5,8-11,13-14,16H2,1H3/t19-/m1/s1. The smallest absolute Gasteiger partial charge is 0.224 e. The number of aryl methyl sites for hydroxylation is 3. The second-order valence-corrected chi connectivity index (χ2v) is 7.05. The van der Waals surface area contributed by atoms with Gasteiger partial charge in [-0.2, -0.15) is 0 Å². The Morgan fingerprint density at radius 2 is 2.00 bits per heavy atom. The summed E-state index contributed by atoms with van der Waals surface area (Å²) in [6.45, 7) is 3.93. The van der Waals surface area contributed by atoms with Crippen molar-refractivity contribution in [1.29, 1.82) is 0 Å². The highest BCUT2D eigenvalue weighted by molar-refractivity contribution is 5.83. The second-order valence-electron chi connectivity index (χ2n) is 7.05.